The average molecular weight is 466 g/mol. The highest BCUT2D eigenvalue weighted by molar-refractivity contribution is 6.01. The lowest BCUT2D eigenvalue weighted by Gasteiger charge is -2.16. The monoisotopic (exact) mass is 466 g/mol. The van der Waals surface area contributed by atoms with Crippen LogP contribution in [0.2, 0.25) is 0 Å². The first-order valence-corrected chi connectivity index (χ1v) is 10.5. The van der Waals surface area contributed by atoms with Crippen LogP contribution in [0.15, 0.2) is 48.8 Å². The molecule has 4 aromatic rings. The van der Waals surface area contributed by atoms with Crippen LogP contribution in [0.4, 0.5) is 14.5 Å². The van der Waals surface area contributed by atoms with E-state index >= 15 is 0 Å². The fraction of sp³-hybridized carbons (Fsp3) is 0.200. The third kappa shape index (κ3) is 4.42. The van der Waals surface area contributed by atoms with Gasteiger partial charge in [0.1, 0.15) is 17.1 Å². The molecule has 176 valence electrons. The van der Waals surface area contributed by atoms with Gasteiger partial charge in [-0.3, -0.25) is 4.79 Å². The maximum atomic E-state index is 14.4. The average Bonchev–Trinajstić information content (AvgIpc) is 3.14. The number of nitrogens with one attached hydrogen (secondary N) is 2. The second-order valence-corrected chi connectivity index (χ2v) is 7.79. The van der Waals surface area contributed by atoms with Gasteiger partial charge in [0.05, 0.1) is 13.7 Å². The highest BCUT2D eigenvalue weighted by Crippen LogP contribution is 2.42. The molecule has 7 nitrogen and oxygen atoms in total. The third-order valence-corrected chi connectivity index (χ3v) is 5.39. The molecule has 0 aliphatic rings. The van der Waals surface area contributed by atoms with E-state index in [1.807, 2.05) is 30.8 Å². The van der Waals surface area contributed by atoms with Crippen molar-refractivity contribution in [3.63, 3.8) is 0 Å². The predicted octanol–water partition coefficient (Wildman–Crippen LogP) is 4.79. The zero-order chi connectivity index (χ0) is 24.4. The quantitative estimate of drug-likeness (QED) is 0.410. The molecule has 0 unspecified atom stereocenters. The lowest BCUT2D eigenvalue weighted by Crippen LogP contribution is -2.25. The summed E-state index contributed by atoms with van der Waals surface area (Å²) in [6.45, 7) is 1.95. The van der Waals surface area contributed by atoms with Crippen molar-refractivity contribution in [3.8, 4) is 28.5 Å². The number of carbonyl (C=O) groups is 1. The van der Waals surface area contributed by atoms with Crippen molar-refractivity contribution < 1.29 is 23.0 Å². The minimum Gasteiger partial charge on any atom is -0.479 e. The number of carbonyl (C=O) groups excluding carboxylic acids is 1. The number of hydrogen-bond donors (Lipinski definition) is 2. The van der Waals surface area contributed by atoms with Crippen molar-refractivity contribution >= 4 is 22.5 Å². The first-order valence-electron chi connectivity index (χ1n) is 10.5. The van der Waals surface area contributed by atoms with Gasteiger partial charge in [-0.1, -0.05) is 0 Å². The van der Waals surface area contributed by atoms with E-state index in [1.165, 1.54) is 6.07 Å². The van der Waals surface area contributed by atoms with Crippen LogP contribution in [0, 0.1) is 18.6 Å². The van der Waals surface area contributed by atoms with E-state index in [0.29, 0.717) is 28.4 Å². The highest BCUT2D eigenvalue weighted by Gasteiger charge is 2.20. The Morgan fingerprint density at radius 1 is 1.12 bits per heavy atom. The molecule has 1 amide bonds. The van der Waals surface area contributed by atoms with Gasteiger partial charge in [0.2, 0.25) is 11.8 Å². The number of amides is 1. The Morgan fingerprint density at radius 2 is 1.91 bits per heavy atom. The molecule has 34 heavy (non-hydrogen) atoms. The van der Waals surface area contributed by atoms with Crippen LogP contribution in [0.1, 0.15) is 5.56 Å². The number of aromatic nitrogens is 2. The zero-order valence-corrected chi connectivity index (χ0v) is 19.2. The standard InChI is InChI=1S/C25H24F2N4O3/c1-14-9-22(34-21-6-5-15(26)10-19(21)27)17(11-20(14)30-23(32)12-28-2)18-13-31(3)24-16(18)7-8-29-25(24)33-4/h5-11,13,28H,12H2,1-4H3,(H,30,32). The van der Waals surface area contributed by atoms with Crippen LogP contribution in [0.25, 0.3) is 22.0 Å². The molecule has 2 N–H and O–H groups in total. The predicted molar refractivity (Wildman–Crippen MR) is 126 cm³/mol. The van der Waals surface area contributed by atoms with Crippen molar-refractivity contribution in [1.29, 1.82) is 0 Å². The van der Waals surface area contributed by atoms with Gasteiger partial charge in [0.25, 0.3) is 0 Å². The first kappa shape index (κ1) is 23.2. The number of anilines is 1. The molecule has 2 aromatic carbocycles. The SMILES string of the molecule is CNCC(=O)Nc1cc(-c2cn(C)c3c(OC)nccc23)c(Oc2ccc(F)cc2F)cc1C. The van der Waals surface area contributed by atoms with Gasteiger partial charge >= 0.3 is 0 Å². The van der Waals surface area contributed by atoms with E-state index in [2.05, 4.69) is 15.6 Å². The Balaban J connectivity index is 1.91. The fourth-order valence-corrected chi connectivity index (χ4v) is 3.83. The maximum absolute atomic E-state index is 14.4. The summed E-state index contributed by atoms with van der Waals surface area (Å²) in [4.78, 5) is 16.5. The molecule has 0 aliphatic heterocycles. The first-order chi connectivity index (χ1) is 16.3. The Labute approximate surface area is 195 Å². The normalized spacial score (nSPS) is 11.0. The van der Waals surface area contributed by atoms with Crippen LogP contribution >= 0.6 is 0 Å². The van der Waals surface area contributed by atoms with Crippen molar-refractivity contribution in [2.75, 3.05) is 26.0 Å². The van der Waals surface area contributed by atoms with Crippen LogP contribution in [0.5, 0.6) is 17.4 Å². The van der Waals surface area contributed by atoms with Gasteiger partial charge < -0.3 is 24.7 Å². The van der Waals surface area contributed by atoms with E-state index in [-0.39, 0.29) is 18.2 Å². The molecule has 0 fully saturated rings. The van der Waals surface area contributed by atoms with Crippen LogP contribution < -0.4 is 20.1 Å². The van der Waals surface area contributed by atoms with Gasteiger partial charge in [-0.15, -0.1) is 0 Å². The van der Waals surface area contributed by atoms with Crippen LogP contribution in [-0.4, -0.2) is 36.2 Å². The minimum atomic E-state index is -0.821. The summed E-state index contributed by atoms with van der Waals surface area (Å²) in [6, 6.07) is 8.47. The third-order valence-electron chi connectivity index (χ3n) is 5.39. The van der Waals surface area contributed by atoms with Crippen molar-refractivity contribution in [2.24, 2.45) is 7.05 Å². The summed E-state index contributed by atoms with van der Waals surface area (Å²) < 4.78 is 41.0. The molecule has 0 atom stereocenters. The zero-order valence-electron chi connectivity index (χ0n) is 19.2. The number of pyridine rings is 1. The Morgan fingerprint density at radius 3 is 2.62 bits per heavy atom. The van der Waals surface area contributed by atoms with E-state index in [0.717, 1.165) is 28.6 Å². The molecule has 0 saturated carbocycles. The lowest BCUT2D eigenvalue weighted by molar-refractivity contribution is -0.115. The number of aryl methyl sites for hydroxylation is 2. The number of fused-ring (bicyclic) bond motifs is 1. The topological polar surface area (TPSA) is 77.4 Å². The number of hydrogen-bond acceptors (Lipinski definition) is 5. The second-order valence-electron chi connectivity index (χ2n) is 7.79. The fourth-order valence-electron chi connectivity index (χ4n) is 3.83. The summed E-state index contributed by atoms with van der Waals surface area (Å²) in [5.74, 6) is -1.05. The maximum Gasteiger partial charge on any atom is 0.238 e. The summed E-state index contributed by atoms with van der Waals surface area (Å²) in [5.41, 5.74) is 3.43. The number of rotatable bonds is 7. The molecule has 9 heteroatoms. The Hall–Kier alpha value is -3.98. The highest BCUT2D eigenvalue weighted by atomic mass is 19.1. The lowest BCUT2D eigenvalue weighted by atomic mass is 10.0. The largest absolute Gasteiger partial charge is 0.479 e. The minimum absolute atomic E-state index is 0.117. The summed E-state index contributed by atoms with van der Waals surface area (Å²) in [7, 11) is 5.09. The van der Waals surface area contributed by atoms with E-state index in [1.54, 1.807) is 32.5 Å². The summed E-state index contributed by atoms with van der Waals surface area (Å²) in [6.07, 6.45) is 3.52. The number of halogens is 2. The van der Waals surface area contributed by atoms with Gasteiger partial charge in [-0.2, -0.15) is 0 Å². The molecule has 0 spiro atoms. The molecule has 2 aromatic heterocycles. The number of nitrogens with zero attached hydrogens (tertiary/aromatic N) is 2. The smallest absolute Gasteiger partial charge is 0.238 e. The van der Waals surface area contributed by atoms with E-state index in [9.17, 15) is 13.6 Å². The van der Waals surface area contributed by atoms with Gasteiger partial charge in [0, 0.05) is 47.7 Å². The Kier molecular flexibility index (Phi) is 6.47. The summed E-state index contributed by atoms with van der Waals surface area (Å²) >= 11 is 0. The molecule has 0 saturated heterocycles. The molecule has 0 bridgehead atoms. The number of methoxy groups -OCH3 is 1. The molecular weight excluding hydrogens is 442 g/mol. The number of ether oxygens (including phenoxy) is 2. The van der Waals surface area contributed by atoms with Gasteiger partial charge in [0.15, 0.2) is 11.6 Å². The van der Waals surface area contributed by atoms with Gasteiger partial charge in [-0.25, -0.2) is 13.8 Å². The summed E-state index contributed by atoms with van der Waals surface area (Å²) in [5, 5.41) is 6.53. The van der Waals surface area contributed by atoms with Crippen LogP contribution in [-0.2, 0) is 11.8 Å². The molecule has 0 radical (unpaired) electrons. The molecule has 4 rings (SSSR count). The van der Waals surface area contributed by atoms with Crippen molar-refractivity contribution in [3.05, 3.63) is 66.0 Å². The molecular formula is C25H24F2N4O3. The van der Waals surface area contributed by atoms with Gasteiger partial charge in [-0.05, 0) is 49.9 Å². The molecule has 0 aliphatic carbocycles. The van der Waals surface area contributed by atoms with Crippen molar-refractivity contribution in [1.82, 2.24) is 14.9 Å². The number of benzene rings is 2. The Bertz CT molecular complexity index is 1380. The van der Waals surface area contributed by atoms with Crippen molar-refractivity contribution in [2.45, 2.75) is 6.92 Å². The van der Waals surface area contributed by atoms with E-state index in [4.69, 9.17) is 9.47 Å². The molecule has 2 heterocycles. The van der Waals surface area contributed by atoms with Crippen LogP contribution in [0.3, 0.4) is 0 Å². The van der Waals surface area contributed by atoms with E-state index < -0.39 is 11.6 Å². The number of likely N-dealkylation sites (N-methyl/N-ethyl adjacent to an activating group) is 1. The second kappa shape index (κ2) is 9.48.